The number of ether oxygens (including phenoxy) is 1. The molecule has 0 saturated heterocycles. The number of hydrogen-bond donors (Lipinski definition) is 1. The molecule has 1 N–H and O–H groups in total. The van der Waals surface area contributed by atoms with Crippen LogP contribution in [0.15, 0.2) is 47.4 Å². The normalized spacial score (nSPS) is 11.1. The first kappa shape index (κ1) is 27.0. The summed E-state index contributed by atoms with van der Waals surface area (Å²) in [6.45, 7) is 2.23. The Morgan fingerprint density at radius 2 is 1.47 bits per heavy atom. The number of unbranched alkanes of at least 4 members (excludes halogenated alkanes) is 8. The molecule has 2 rings (SSSR count). The standard InChI is InChI=1S/C23H32O5S.Na/c1-2-3-4-5-6-7-8-9-10-13-19-14-11-12-15-21(19)28-22-17-16-20(24)18-23(22)29(25,26)27;/h11-12,14-18,24H,2-10,13H2,1H3,(H,25,26,27);/q;+1/p-1. The van der Waals surface area contributed by atoms with Crippen LogP contribution in [-0.4, -0.2) is 13.0 Å². The zero-order valence-electron chi connectivity index (χ0n) is 18.1. The molecule has 160 valence electrons. The van der Waals surface area contributed by atoms with Gasteiger partial charge in [-0.05, 0) is 36.6 Å². The molecule has 0 atom stereocenters. The molecule has 0 saturated carbocycles. The van der Waals surface area contributed by atoms with Crippen LogP contribution in [0.5, 0.6) is 17.2 Å². The van der Waals surface area contributed by atoms with Crippen LogP contribution < -0.4 is 39.4 Å². The Morgan fingerprint density at radius 1 is 0.867 bits per heavy atom. The van der Waals surface area contributed by atoms with Gasteiger partial charge in [-0.2, -0.15) is 8.42 Å². The smallest absolute Gasteiger partial charge is 0.872 e. The van der Waals surface area contributed by atoms with E-state index in [1.54, 1.807) is 6.07 Å². The third-order valence-electron chi connectivity index (χ3n) is 4.94. The van der Waals surface area contributed by atoms with Crippen molar-refractivity contribution in [1.29, 1.82) is 0 Å². The topological polar surface area (TPSA) is 86.7 Å². The van der Waals surface area contributed by atoms with Gasteiger partial charge in [-0.3, -0.25) is 4.55 Å². The van der Waals surface area contributed by atoms with E-state index >= 15 is 0 Å². The average Bonchev–Trinajstić information content (AvgIpc) is 2.68. The quantitative estimate of drug-likeness (QED) is 0.293. The first-order valence-electron chi connectivity index (χ1n) is 10.5. The van der Waals surface area contributed by atoms with E-state index in [0.29, 0.717) is 5.75 Å². The van der Waals surface area contributed by atoms with Crippen LogP contribution in [0.25, 0.3) is 0 Å². The average molecular weight is 443 g/mol. The molecule has 0 spiro atoms. The first-order valence-corrected chi connectivity index (χ1v) is 11.9. The zero-order valence-corrected chi connectivity index (χ0v) is 20.9. The van der Waals surface area contributed by atoms with Crippen molar-refractivity contribution >= 4 is 10.1 Å². The van der Waals surface area contributed by atoms with Gasteiger partial charge < -0.3 is 9.84 Å². The second kappa shape index (κ2) is 14.1. The maximum atomic E-state index is 11.6. The van der Waals surface area contributed by atoms with Crippen LogP contribution in [0.1, 0.15) is 70.3 Å². The van der Waals surface area contributed by atoms with Crippen LogP contribution in [0.3, 0.4) is 0 Å². The molecule has 0 aliphatic rings. The Kier molecular flexibility index (Phi) is 12.7. The molecule has 0 aromatic heterocycles. The fourth-order valence-corrected chi connectivity index (χ4v) is 3.96. The van der Waals surface area contributed by atoms with Crippen molar-refractivity contribution in [2.75, 3.05) is 0 Å². The first-order chi connectivity index (χ1) is 13.9. The Morgan fingerprint density at radius 3 is 2.10 bits per heavy atom. The van der Waals surface area contributed by atoms with Gasteiger partial charge in [-0.1, -0.05) is 82.6 Å². The van der Waals surface area contributed by atoms with Gasteiger partial charge in [-0.15, -0.1) is 5.75 Å². The Bertz CT molecular complexity index is 868. The molecule has 0 amide bonds. The van der Waals surface area contributed by atoms with Crippen molar-refractivity contribution in [1.82, 2.24) is 0 Å². The fraction of sp³-hybridized carbons (Fsp3) is 0.478. The summed E-state index contributed by atoms with van der Waals surface area (Å²) < 4.78 is 38.3. The Hall–Kier alpha value is -1.05. The number of benzene rings is 2. The monoisotopic (exact) mass is 442 g/mol. The summed E-state index contributed by atoms with van der Waals surface area (Å²) in [5, 5.41) is 11.5. The van der Waals surface area contributed by atoms with E-state index < -0.39 is 20.8 Å². The summed E-state index contributed by atoms with van der Waals surface area (Å²) in [5.41, 5.74) is 0.975. The maximum absolute atomic E-state index is 11.6. The van der Waals surface area contributed by atoms with Crippen LogP contribution >= 0.6 is 0 Å². The Labute approximate surface area is 202 Å². The van der Waals surface area contributed by atoms with Crippen molar-refractivity contribution in [3.05, 3.63) is 48.0 Å². The molecule has 0 heterocycles. The van der Waals surface area contributed by atoms with Gasteiger partial charge in [0.25, 0.3) is 10.1 Å². The van der Waals surface area contributed by atoms with Crippen molar-refractivity contribution in [2.45, 2.75) is 76.0 Å². The van der Waals surface area contributed by atoms with Crippen molar-refractivity contribution in [3.8, 4) is 17.2 Å². The van der Waals surface area contributed by atoms with E-state index in [4.69, 9.17) is 4.74 Å². The predicted octanol–water partition coefficient (Wildman–Crippen LogP) is 2.88. The molecule has 0 aliphatic heterocycles. The van der Waals surface area contributed by atoms with Crippen LogP contribution in [-0.2, 0) is 16.5 Å². The second-order valence-corrected chi connectivity index (χ2v) is 8.76. The molecule has 0 unspecified atom stereocenters. The van der Waals surface area contributed by atoms with Crippen LogP contribution in [0, 0.1) is 0 Å². The van der Waals surface area contributed by atoms with Gasteiger partial charge in [-0.25, -0.2) is 0 Å². The number of rotatable bonds is 13. The van der Waals surface area contributed by atoms with E-state index in [1.165, 1.54) is 57.1 Å². The van der Waals surface area contributed by atoms with E-state index in [1.807, 2.05) is 18.2 Å². The minimum atomic E-state index is -4.55. The minimum absolute atomic E-state index is 0. The molecule has 2 aromatic rings. The summed E-state index contributed by atoms with van der Waals surface area (Å²) in [5.74, 6) is -0.0183. The van der Waals surface area contributed by atoms with Gasteiger partial charge in [0.15, 0.2) is 0 Å². The SMILES string of the molecule is CCCCCCCCCCCc1ccccc1Oc1ccc([O-])cc1S(=O)(=O)O.[Na+]. The molecule has 5 nitrogen and oxygen atoms in total. The maximum Gasteiger partial charge on any atom is 1.00 e. The van der Waals surface area contributed by atoms with Gasteiger partial charge in [0.2, 0.25) is 0 Å². The van der Waals surface area contributed by atoms with Crippen molar-refractivity contribution in [2.24, 2.45) is 0 Å². The molecule has 0 radical (unpaired) electrons. The van der Waals surface area contributed by atoms with Gasteiger partial charge in [0, 0.05) is 0 Å². The van der Waals surface area contributed by atoms with Gasteiger partial charge in [0.1, 0.15) is 16.4 Å². The number of para-hydroxylation sites is 1. The summed E-state index contributed by atoms with van der Waals surface area (Å²) >= 11 is 0. The zero-order chi connectivity index (χ0) is 21.1. The van der Waals surface area contributed by atoms with Crippen molar-refractivity contribution in [3.63, 3.8) is 0 Å². The van der Waals surface area contributed by atoms with Crippen molar-refractivity contribution < 1.29 is 52.4 Å². The molecule has 0 aliphatic carbocycles. The minimum Gasteiger partial charge on any atom is -0.872 e. The van der Waals surface area contributed by atoms with E-state index in [2.05, 4.69) is 6.92 Å². The molecular formula is C23H31NaO5S. The predicted molar refractivity (Wildman–Crippen MR) is 113 cm³/mol. The second-order valence-electron chi connectivity index (χ2n) is 7.37. The van der Waals surface area contributed by atoms with Gasteiger partial charge >= 0.3 is 29.6 Å². The van der Waals surface area contributed by atoms with Gasteiger partial charge in [0.05, 0.1) is 0 Å². The van der Waals surface area contributed by atoms with E-state index in [-0.39, 0.29) is 35.3 Å². The fourth-order valence-electron chi connectivity index (χ4n) is 3.33. The van der Waals surface area contributed by atoms with Crippen LogP contribution in [0.4, 0.5) is 0 Å². The molecule has 2 aromatic carbocycles. The van der Waals surface area contributed by atoms with E-state index in [0.717, 1.165) is 30.9 Å². The van der Waals surface area contributed by atoms with Crippen LogP contribution in [0.2, 0.25) is 0 Å². The molecule has 0 fully saturated rings. The number of aryl methyl sites for hydroxylation is 1. The molecular weight excluding hydrogens is 411 g/mol. The summed E-state index contributed by atoms with van der Waals surface area (Å²) in [6.07, 6.45) is 12.0. The molecule has 30 heavy (non-hydrogen) atoms. The number of hydrogen-bond acceptors (Lipinski definition) is 4. The molecule has 0 bridgehead atoms. The summed E-state index contributed by atoms with van der Waals surface area (Å²) in [4.78, 5) is -0.511. The third-order valence-corrected chi connectivity index (χ3v) is 5.81. The summed E-state index contributed by atoms with van der Waals surface area (Å²) in [6, 6.07) is 10.8. The Balaban J connectivity index is 0.00000450. The summed E-state index contributed by atoms with van der Waals surface area (Å²) in [7, 11) is -4.55. The third kappa shape index (κ3) is 9.40. The van der Waals surface area contributed by atoms with E-state index in [9.17, 15) is 18.1 Å². The molecule has 7 heteroatoms. The largest absolute Gasteiger partial charge is 1.00 e.